The molecule has 0 radical (unpaired) electrons. The largest absolute Gasteiger partial charge is 0.144 e. The molecule has 0 spiro atoms. The van der Waals surface area contributed by atoms with Gasteiger partial charge in [-0.1, -0.05) is 0 Å². The van der Waals surface area contributed by atoms with Crippen LogP contribution >= 0.6 is 45.3 Å². The summed E-state index contributed by atoms with van der Waals surface area (Å²) in [5.74, 6) is 0. The number of hydrogen-bond donors (Lipinski definition) is 0. The first-order chi connectivity index (χ1) is 6.75. The molecule has 14 heavy (non-hydrogen) atoms. The maximum atomic E-state index is 2.44. The van der Waals surface area contributed by atoms with E-state index in [2.05, 4.69) is 53.1 Å². The van der Waals surface area contributed by atoms with Crippen LogP contribution in [0.25, 0.3) is 20.2 Å². The van der Waals surface area contributed by atoms with Crippen molar-refractivity contribution in [3.63, 3.8) is 0 Å². The number of aryl methyl sites for hydroxylation is 1. The molecule has 0 amide bonds. The Kier molecular flexibility index (Phi) is 2.07. The lowest BCUT2D eigenvalue weighted by atomic mass is 10.2. The molecule has 3 rings (SSSR count). The van der Waals surface area contributed by atoms with Gasteiger partial charge in [-0.05, 0) is 58.5 Å². The van der Waals surface area contributed by atoms with Crippen LogP contribution in [0.4, 0.5) is 0 Å². The van der Waals surface area contributed by atoms with E-state index in [0.717, 1.165) is 0 Å². The lowest BCUT2D eigenvalue weighted by Crippen LogP contribution is -1.69. The van der Waals surface area contributed by atoms with E-state index in [9.17, 15) is 0 Å². The number of benzene rings is 1. The molecule has 0 N–H and O–H groups in total. The Bertz CT molecular complexity index is 619. The number of thiophene rings is 2. The van der Waals surface area contributed by atoms with Crippen LogP contribution in [-0.4, -0.2) is 0 Å². The Hall–Kier alpha value is -0.130. The predicted molar refractivity (Wildman–Crippen MR) is 74.7 cm³/mol. The molecule has 0 atom stereocenters. The fourth-order valence-electron chi connectivity index (χ4n) is 1.65. The van der Waals surface area contributed by atoms with Crippen molar-refractivity contribution in [3.8, 4) is 0 Å². The molecule has 0 saturated heterocycles. The normalized spacial score (nSPS) is 11.6. The summed E-state index contributed by atoms with van der Waals surface area (Å²) < 4.78 is 4.23. The van der Waals surface area contributed by atoms with Gasteiger partial charge in [0.2, 0.25) is 0 Å². The van der Waals surface area contributed by atoms with Crippen molar-refractivity contribution >= 4 is 65.4 Å². The van der Waals surface area contributed by atoms with Crippen molar-refractivity contribution in [2.24, 2.45) is 0 Å². The van der Waals surface area contributed by atoms with Gasteiger partial charge >= 0.3 is 0 Å². The number of halogens is 1. The fraction of sp³-hybridized carbons (Fsp3) is 0.0909. The molecule has 0 aliphatic heterocycles. The van der Waals surface area contributed by atoms with E-state index < -0.39 is 0 Å². The third-order valence-corrected chi connectivity index (χ3v) is 6.07. The molecule has 0 unspecified atom stereocenters. The van der Waals surface area contributed by atoms with Gasteiger partial charge in [-0.3, -0.25) is 0 Å². The van der Waals surface area contributed by atoms with Gasteiger partial charge in [0.1, 0.15) is 0 Å². The third kappa shape index (κ3) is 1.22. The lowest BCUT2D eigenvalue weighted by molar-refractivity contribution is 1.61. The molecule has 0 saturated carbocycles. The average molecular weight is 330 g/mol. The maximum Gasteiger partial charge on any atom is 0.0371 e. The number of hydrogen-bond acceptors (Lipinski definition) is 2. The van der Waals surface area contributed by atoms with Crippen molar-refractivity contribution in [1.29, 1.82) is 0 Å². The molecule has 0 aliphatic carbocycles. The smallest absolute Gasteiger partial charge is 0.0371 e. The lowest BCUT2D eigenvalue weighted by Gasteiger charge is -1.91. The Morgan fingerprint density at radius 2 is 2.07 bits per heavy atom. The summed E-state index contributed by atoms with van der Waals surface area (Å²) in [5.41, 5.74) is 0. The molecular formula is C11H7IS2. The zero-order valence-corrected chi connectivity index (χ0v) is 11.3. The first kappa shape index (κ1) is 9.12. The minimum absolute atomic E-state index is 1.37. The third-order valence-electron chi connectivity index (χ3n) is 2.36. The van der Waals surface area contributed by atoms with Gasteiger partial charge < -0.3 is 0 Å². The van der Waals surface area contributed by atoms with Gasteiger partial charge in [0.05, 0.1) is 0 Å². The molecule has 3 aromatic rings. The van der Waals surface area contributed by atoms with E-state index in [4.69, 9.17) is 0 Å². The van der Waals surface area contributed by atoms with Crippen molar-refractivity contribution in [3.05, 3.63) is 32.0 Å². The molecule has 3 heteroatoms. The summed E-state index contributed by atoms with van der Waals surface area (Å²) in [6.07, 6.45) is 0. The fourth-order valence-corrected chi connectivity index (χ4v) is 4.47. The minimum atomic E-state index is 1.37. The van der Waals surface area contributed by atoms with Crippen LogP contribution in [0.2, 0.25) is 0 Å². The van der Waals surface area contributed by atoms with Crippen molar-refractivity contribution in [2.75, 3.05) is 0 Å². The van der Waals surface area contributed by atoms with E-state index in [1.165, 1.54) is 28.6 Å². The van der Waals surface area contributed by atoms with Gasteiger partial charge in [0.15, 0.2) is 0 Å². The Labute approximate surface area is 104 Å². The SMILES string of the molecule is Cc1sc2cc3sccc3cc2c1I. The Balaban J connectivity index is 2.56. The molecule has 0 nitrogen and oxygen atoms in total. The van der Waals surface area contributed by atoms with Crippen LogP contribution in [0.15, 0.2) is 23.6 Å². The highest BCUT2D eigenvalue weighted by Gasteiger charge is 2.07. The van der Waals surface area contributed by atoms with Crippen molar-refractivity contribution in [2.45, 2.75) is 6.92 Å². The van der Waals surface area contributed by atoms with Crippen LogP contribution in [0.1, 0.15) is 4.88 Å². The molecule has 0 bridgehead atoms. The van der Waals surface area contributed by atoms with E-state index in [1.54, 1.807) is 0 Å². The maximum absolute atomic E-state index is 2.44. The summed E-state index contributed by atoms with van der Waals surface area (Å²) in [6.45, 7) is 2.19. The number of rotatable bonds is 0. The van der Waals surface area contributed by atoms with Gasteiger partial charge in [-0.2, -0.15) is 0 Å². The van der Waals surface area contributed by atoms with Crippen LogP contribution in [0, 0.1) is 10.5 Å². The van der Waals surface area contributed by atoms with Crippen LogP contribution < -0.4 is 0 Å². The van der Waals surface area contributed by atoms with Gasteiger partial charge in [-0.15, -0.1) is 22.7 Å². The van der Waals surface area contributed by atoms with E-state index in [1.807, 2.05) is 22.7 Å². The highest BCUT2D eigenvalue weighted by Crippen LogP contribution is 2.36. The minimum Gasteiger partial charge on any atom is -0.144 e. The molecule has 1 aromatic carbocycles. The standard InChI is InChI=1S/C11H7IS2/c1-6-11(12)8-4-7-2-3-13-9(7)5-10(8)14-6/h2-5H,1H3. The second-order valence-electron chi connectivity index (χ2n) is 3.28. The van der Waals surface area contributed by atoms with Gasteiger partial charge in [-0.25, -0.2) is 0 Å². The quantitative estimate of drug-likeness (QED) is 0.507. The molecule has 0 fully saturated rings. The second kappa shape index (κ2) is 3.18. The summed E-state index contributed by atoms with van der Waals surface area (Å²) in [6, 6.07) is 6.82. The molecule has 2 aromatic heterocycles. The van der Waals surface area contributed by atoms with E-state index >= 15 is 0 Å². The summed E-state index contributed by atoms with van der Waals surface area (Å²) in [4.78, 5) is 1.43. The number of fused-ring (bicyclic) bond motifs is 2. The van der Waals surface area contributed by atoms with Gasteiger partial charge in [0.25, 0.3) is 0 Å². The Morgan fingerprint density at radius 1 is 1.21 bits per heavy atom. The monoisotopic (exact) mass is 330 g/mol. The van der Waals surface area contributed by atoms with Crippen molar-refractivity contribution in [1.82, 2.24) is 0 Å². The van der Waals surface area contributed by atoms with Crippen LogP contribution in [0.3, 0.4) is 0 Å². The molecule has 70 valence electrons. The zero-order valence-electron chi connectivity index (χ0n) is 7.50. The highest BCUT2D eigenvalue weighted by atomic mass is 127. The molecule has 0 aliphatic rings. The molecular weight excluding hydrogens is 323 g/mol. The highest BCUT2D eigenvalue weighted by molar-refractivity contribution is 14.1. The Morgan fingerprint density at radius 3 is 2.93 bits per heavy atom. The summed E-state index contributed by atoms with van der Waals surface area (Å²) in [5, 5.41) is 4.95. The first-order valence-corrected chi connectivity index (χ1v) is 7.09. The summed E-state index contributed by atoms with van der Waals surface area (Å²) >= 11 is 6.16. The molecule has 2 heterocycles. The van der Waals surface area contributed by atoms with Crippen molar-refractivity contribution < 1.29 is 0 Å². The average Bonchev–Trinajstić information content (AvgIpc) is 2.70. The van der Waals surface area contributed by atoms with E-state index in [0.29, 0.717) is 0 Å². The zero-order chi connectivity index (χ0) is 9.71. The predicted octanol–water partition coefficient (Wildman–Crippen LogP) is 5.03. The van der Waals surface area contributed by atoms with Gasteiger partial charge in [0, 0.05) is 23.2 Å². The van der Waals surface area contributed by atoms with Crippen LogP contribution in [0.5, 0.6) is 0 Å². The first-order valence-electron chi connectivity index (χ1n) is 4.31. The van der Waals surface area contributed by atoms with E-state index in [-0.39, 0.29) is 0 Å². The summed E-state index contributed by atoms with van der Waals surface area (Å²) in [7, 11) is 0. The van der Waals surface area contributed by atoms with Crippen LogP contribution in [-0.2, 0) is 0 Å². The topological polar surface area (TPSA) is 0 Å². The second-order valence-corrected chi connectivity index (χ2v) is 6.56.